The van der Waals surface area contributed by atoms with Crippen molar-refractivity contribution in [2.75, 3.05) is 29.8 Å². The van der Waals surface area contributed by atoms with Gasteiger partial charge in [0.05, 0.1) is 28.4 Å². The Morgan fingerprint density at radius 1 is 1.12 bits per heavy atom. The molecule has 140 valence electrons. The zero-order valence-corrected chi connectivity index (χ0v) is 15.9. The van der Waals surface area contributed by atoms with Gasteiger partial charge in [-0.1, -0.05) is 11.6 Å². The Labute approximate surface area is 157 Å². The zero-order chi connectivity index (χ0) is 18.7. The molecule has 1 aliphatic heterocycles. The minimum Gasteiger partial charge on any atom is -0.495 e. The van der Waals surface area contributed by atoms with E-state index in [2.05, 4.69) is 9.62 Å². The van der Waals surface area contributed by atoms with Gasteiger partial charge in [-0.15, -0.1) is 0 Å². The summed E-state index contributed by atoms with van der Waals surface area (Å²) in [5, 5.41) is 0.186. The number of methoxy groups -OCH3 is 1. The highest BCUT2D eigenvalue weighted by Gasteiger charge is 2.21. The van der Waals surface area contributed by atoms with E-state index in [-0.39, 0.29) is 15.6 Å². The molecule has 1 aliphatic rings. The van der Waals surface area contributed by atoms with Crippen molar-refractivity contribution in [2.45, 2.75) is 24.2 Å². The SMILES string of the molecule is COc1ccc(S(=O)(=O)Nc2cc(F)ccc2N2CCCCC2)cc1Cl. The average Bonchev–Trinajstić information content (AvgIpc) is 2.62. The third kappa shape index (κ3) is 4.04. The number of anilines is 2. The maximum absolute atomic E-state index is 13.8. The molecule has 0 bridgehead atoms. The average molecular weight is 399 g/mol. The zero-order valence-electron chi connectivity index (χ0n) is 14.3. The number of nitrogens with zero attached hydrogens (tertiary/aromatic N) is 1. The number of hydrogen-bond acceptors (Lipinski definition) is 4. The molecule has 0 saturated carbocycles. The van der Waals surface area contributed by atoms with E-state index < -0.39 is 15.8 Å². The lowest BCUT2D eigenvalue weighted by atomic mass is 10.1. The van der Waals surface area contributed by atoms with Gasteiger partial charge in [-0.3, -0.25) is 4.72 Å². The summed E-state index contributed by atoms with van der Waals surface area (Å²) in [5.74, 6) is -0.124. The molecule has 1 heterocycles. The van der Waals surface area contributed by atoms with Crippen LogP contribution in [0.25, 0.3) is 0 Å². The van der Waals surface area contributed by atoms with Gasteiger partial charge in [0.1, 0.15) is 11.6 Å². The number of ether oxygens (including phenoxy) is 1. The number of nitrogens with one attached hydrogen (secondary N) is 1. The first-order valence-corrected chi connectivity index (χ1v) is 10.2. The largest absolute Gasteiger partial charge is 0.495 e. The fourth-order valence-corrected chi connectivity index (χ4v) is 4.43. The fourth-order valence-electron chi connectivity index (χ4n) is 3.02. The van der Waals surface area contributed by atoms with Gasteiger partial charge < -0.3 is 9.64 Å². The van der Waals surface area contributed by atoms with E-state index in [1.54, 1.807) is 6.07 Å². The summed E-state index contributed by atoms with van der Waals surface area (Å²) in [5.41, 5.74) is 0.896. The predicted molar refractivity (Wildman–Crippen MR) is 101 cm³/mol. The first kappa shape index (κ1) is 18.8. The Bertz CT molecular complexity index is 899. The highest BCUT2D eigenvalue weighted by molar-refractivity contribution is 7.92. The standard InChI is InChI=1S/C18H20ClFN2O3S/c1-25-18-8-6-14(12-15(18)19)26(23,24)21-16-11-13(20)5-7-17(16)22-9-3-2-4-10-22/h5-8,11-12,21H,2-4,9-10H2,1H3. The molecule has 0 unspecified atom stereocenters. The van der Waals surface area contributed by atoms with Crippen molar-refractivity contribution in [3.8, 4) is 5.75 Å². The van der Waals surface area contributed by atoms with E-state index in [1.807, 2.05) is 0 Å². The summed E-state index contributed by atoms with van der Waals surface area (Å²) < 4.78 is 46.8. The third-order valence-electron chi connectivity index (χ3n) is 4.33. The van der Waals surface area contributed by atoms with Crippen molar-refractivity contribution in [1.29, 1.82) is 0 Å². The van der Waals surface area contributed by atoms with Crippen molar-refractivity contribution in [3.05, 3.63) is 47.2 Å². The van der Waals surface area contributed by atoms with Gasteiger partial charge in [0.2, 0.25) is 0 Å². The van der Waals surface area contributed by atoms with Crippen LogP contribution in [0.2, 0.25) is 5.02 Å². The highest BCUT2D eigenvalue weighted by Crippen LogP contribution is 2.32. The molecule has 0 aromatic heterocycles. The lowest BCUT2D eigenvalue weighted by molar-refractivity contribution is 0.414. The maximum atomic E-state index is 13.8. The molecule has 2 aromatic carbocycles. The van der Waals surface area contributed by atoms with Crippen LogP contribution in [0.5, 0.6) is 5.75 Å². The number of rotatable bonds is 5. The van der Waals surface area contributed by atoms with Gasteiger partial charge in [0.15, 0.2) is 0 Å². The number of benzene rings is 2. The summed E-state index contributed by atoms with van der Waals surface area (Å²) in [6.07, 6.45) is 3.19. The molecule has 1 N–H and O–H groups in total. The van der Waals surface area contributed by atoms with Crippen LogP contribution in [-0.4, -0.2) is 28.6 Å². The van der Waals surface area contributed by atoms with Gasteiger partial charge in [0, 0.05) is 19.2 Å². The van der Waals surface area contributed by atoms with Gasteiger partial charge in [-0.05, 0) is 49.6 Å². The molecule has 8 heteroatoms. The molecule has 0 aliphatic carbocycles. The fraction of sp³-hybridized carbons (Fsp3) is 0.333. The molecule has 0 radical (unpaired) electrons. The van der Waals surface area contributed by atoms with Crippen molar-refractivity contribution < 1.29 is 17.5 Å². The molecule has 0 atom stereocenters. The Morgan fingerprint density at radius 2 is 1.85 bits per heavy atom. The maximum Gasteiger partial charge on any atom is 0.262 e. The molecule has 0 amide bonds. The van der Waals surface area contributed by atoms with E-state index in [0.717, 1.165) is 32.4 Å². The van der Waals surface area contributed by atoms with Crippen LogP contribution in [0, 0.1) is 5.82 Å². The van der Waals surface area contributed by atoms with Crippen LogP contribution in [0.4, 0.5) is 15.8 Å². The van der Waals surface area contributed by atoms with Crippen LogP contribution >= 0.6 is 11.6 Å². The number of hydrogen-bond donors (Lipinski definition) is 1. The normalized spacial score (nSPS) is 15.0. The predicted octanol–water partition coefficient (Wildman–Crippen LogP) is 4.28. The summed E-state index contributed by atoms with van der Waals surface area (Å²) in [7, 11) is -2.47. The Kier molecular flexibility index (Phi) is 5.58. The van der Waals surface area contributed by atoms with Gasteiger partial charge in [0.25, 0.3) is 10.0 Å². The van der Waals surface area contributed by atoms with E-state index in [0.29, 0.717) is 11.4 Å². The molecule has 3 rings (SSSR count). The molecule has 0 spiro atoms. The lowest BCUT2D eigenvalue weighted by Crippen LogP contribution is -2.30. The quantitative estimate of drug-likeness (QED) is 0.816. The van der Waals surface area contributed by atoms with Crippen LogP contribution in [0.3, 0.4) is 0 Å². The number of halogens is 2. The van der Waals surface area contributed by atoms with E-state index in [1.165, 1.54) is 37.4 Å². The molecule has 26 heavy (non-hydrogen) atoms. The van der Waals surface area contributed by atoms with Gasteiger partial charge >= 0.3 is 0 Å². The van der Waals surface area contributed by atoms with Gasteiger partial charge in [-0.2, -0.15) is 0 Å². The first-order valence-electron chi connectivity index (χ1n) is 8.31. The Morgan fingerprint density at radius 3 is 2.50 bits per heavy atom. The number of piperidine rings is 1. The van der Waals surface area contributed by atoms with E-state index in [9.17, 15) is 12.8 Å². The summed E-state index contributed by atoms with van der Waals surface area (Å²) in [4.78, 5) is 2.05. The molecule has 2 aromatic rings. The van der Waals surface area contributed by atoms with Crippen molar-refractivity contribution in [2.24, 2.45) is 0 Å². The first-order chi connectivity index (χ1) is 12.4. The molecular weight excluding hydrogens is 379 g/mol. The van der Waals surface area contributed by atoms with Crippen molar-refractivity contribution >= 4 is 33.0 Å². The van der Waals surface area contributed by atoms with Crippen LogP contribution in [0.1, 0.15) is 19.3 Å². The second-order valence-electron chi connectivity index (χ2n) is 6.11. The smallest absolute Gasteiger partial charge is 0.262 e. The molecule has 1 saturated heterocycles. The summed E-state index contributed by atoms with van der Waals surface area (Å²) in [6.45, 7) is 1.63. The summed E-state index contributed by atoms with van der Waals surface area (Å²) >= 11 is 6.03. The highest BCUT2D eigenvalue weighted by atomic mass is 35.5. The minimum atomic E-state index is -3.92. The lowest BCUT2D eigenvalue weighted by Gasteiger charge is -2.30. The van der Waals surface area contributed by atoms with E-state index >= 15 is 0 Å². The van der Waals surface area contributed by atoms with Crippen molar-refractivity contribution in [3.63, 3.8) is 0 Å². The molecule has 1 fully saturated rings. The second-order valence-corrected chi connectivity index (χ2v) is 8.20. The third-order valence-corrected chi connectivity index (χ3v) is 5.99. The number of sulfonamides is 1. The van der Waals surface area contributed by atoms with Crippen LogP contribution < -0.4 is 14.4 Å². The topological polar surface area (TPSA) is 58.6 Å². The monoisotopic (exact) mass is 398 g/mol. The minimum absolute atomic E-state index is 0.0165. The molecular formula is C18H20ClFN2O3S. The van der Waals surface area contributed by atoms with Crippen LogP contribution in [0.15, 0.2) is 41.3 Å². The van der Waals surface area contributed by atoms with E-state index in [4.69, 9.17) is 16.3 Å². The molecule has 5 nitrogen and oxygen atoms in total. The second kappa shape index (κ2) is 7.72. The summed E-state index contributed by atoms with van der Waals surface area (Å²) in [6, 6.07) is 8.33. The van der Waals surface area contributed by atoms with Gasteiger partial charge in [-0.25, -0.2) is 12.8 Å². The Hall–Kier alpha value is -1.99. The Balaban J connectivity index is 1.94. The van der Waals surface area contributed by atoms with Crippen molar-refractivity contribution in [1.82, 2.24) is 0 Å². The van der Waals surface area contributed by atoms with Crippen LogP contribution in [-0.2, 0) is 10.0 Å².